The fourth-order valence-electron chi connectivity index (χ4n) is 1.73. The first kappa shape index (κ1) is 14.5. The standard InChI is InChI=1S/C10H14.C8H10/c1-7-5-6-8(2)10(4)9(7)3;1-7-3-5-8(2)6-4-7/h5-6H,1-4H3;3-6H,1-2H3. The van der Waals surface area contributed by atoms with Crippen molar-refractivity contribution in [1.29, 1.82) is 0 Å². The van der Waals surface area contributed by atoms with E-state index in [4.69, 9.17) is 0 Å². The van der Waals surface area contributed by atoms with Crippen molar-refractivity contribution in [2.45, 2.75) is 41.5 Å². The summed E-state index contributed by atoms with van der Waals surface area (Å²) < 4.78 is 0. The Kier molecular flexibility index (Phi) is 5.15. The molecule has 0 spiro atoms. The van der Waals surface area contributed by atoms with Gasteiger partial charge >= 0.3 is 0 Å². The number of aryl methyl sites for hydroxylation is 4. The third-order valence-corrected chi connectivity index (χ3v) is 3.55. The molecule has 0 fully saturated rings. The van der Waals surface area contributed by atoms with Crippen molar-refractivity contribution < 1.29 is 0 Å². The highest BCUT2D eigenvalue weighted by Gasteiger charge is 1.97. The van der Waals surface area contributed by atoms with Crippen LogP contribution in [0.1, 0.15) is 33.4 Å². The van der Waals surface area contributed by atoms with E-state index < -0.39 is 0 Å². The van der Waals surface area contributed by atoms with Crippen molar-refractivity contribution in [1.82, 2.24) is 0 Å². The van der Waals surface area contributed by atoms with Gasteiger partial charge in [0.2, 0.25) is 0 Å². The minimum absolute atomic E-state index is 1.33. The molecular formula is C18H24. The Morgan fingerprint density at radius 2 is 0.722 bits per heavy atom. The van der Waals surface area contributed by atoms with Gasteiger partial charge in [-0.1, -0.05) is 47.5 Å². The predicted molar refractivity (Wildman–Crippen MR) is 81.3 cm³/mol. The largest absolute Gasteiger partial charge is 0.0591 e. The zero-order valence-corrected chi connectivity index (χ0v) is 12.5. The lowest BCUT2D eigenvalue weighted by Gasteiger charge is -2.06. The Hall–Kier alpha value is -1.56. The summed E-state index contributed by atoms with van der Waals surface area (Å²) in [6.45, 7) is 12.9. The van der Waals surface area contributed by atoms with E-state index in [0.717, 1.165) is 0 Å². The van der Waals surface area contributed by atoms with Crippen LogP contribution in [0.4, 0.5) is 0 Å². The topological polar surface area (TPSA) is 0 Å². The molecule has 0 saturated heterocycles. The van der Waals surface area contributed by atoms with E-state index in [0.29, 0.717) is 0 Å². The van der Waals surface area contributed by atoms with E-state index in [1.54, 1.807) is 0 Å². The summed E-state index contributed by atoms with van der Waals surface area (Å²) in [7, 11) is 0. The second kappa shape index (κ2) is 6.39. The summed E-state index contributed by atoms with van der Waals surface area (Å²) >= 11 is 0. The minimum Gasteiger partial charge on any atom is -0.0591 e. The first-order valence-electron chi connectivity index (χ1n) is 6.48. The minimum atomic E-state index is 1.33. The van der Waals surface area contributed by atoms with Crippen LogP contribution in [-0.4, -0.2) is 0 Å². The lowest BCUT2D eigenvalue weighted by molar-refractivity contribution is 1.22. The summed E-state index contributed by atoms with van der Waals surface area (Å²) in [6.07, 6.45) is 0. The Bertz CT molecular complexity index is 456. The van der Waals surface area contributed by atoms with Gasteiger partial charge in [-0.15, -0.1) is 0 Å². The van der Waals surface area contributed by atoms with E-state index >= 15 is 0 Å². The molecule has 96 valence electrons. The monoisotopic (exact) mass is 240 g/mol. The smallest absolute Gasteiger partial charge is 0.0392 e. The molecular weight excluding hydrogens is 216 g/mol. The van der Waals surface area contributed by atoms with E-state index in [-0.39, 0.29) is 0 Å². The molecule has 2 aromatic carbocycles. The normalized spacial score (nSPS) is 9.67. The van der Waals surface area contributed by atoms with Gasteiger partial charge in [0.25, 0.3) is 0 Å². The average Bonchev–Trinajstić information content (AvgIpc) is 2.36. The Balaban J connectivity index is 0.000000184. The first-order valence-corrected chi connectivity index (χ1v) is 6.48. The molecule has 0 atom stereocenters. The molecule has 0 heterocycles. The molecule has 0 aliphatic heterocycles. The first-order chi connectivity index (χ1) is 8.41. The van der Waals surface area contributed by atoms with E-state index in [2.05, 4.69) is 77.9 Å². The molecule has 0 bridgehead atoms. The zero-order chi connectivity index (χ0) is 13.7. The fraction of sp³-hybridized carbons (Fsp3) is 0.333. The molecule has 0 unspecified atom stereocenters. The molecule has 2 rings (SSSR count). The van der Waals surface area contributed by atoms with Gasteiger partial charge in [0.05, 0.1) is 0 Å². The van der Waals surface area contributed by atoms with Crippen LogP contribution in [0.25, 0.3) is 0 Å². The van der Waals surface area contributed by atoms with Crippen LogP contribution < -0.4 is 0 Å². The summed E-state index contributed by atoms with van der Waals surface area (Å²) in [5.41, 5.74) is 8.30. The molecule has 2 aromatic rings. The zero-order valence-electron chi connectivity index (χ0n) is 12.5. The van der Waals surface area contributed by atoms with Gasteiger partial charge in [-0.05, 0) is 63.8 Å². The lowest BCUT2D eigenvalue weighted by atomic mass is 10.0. The number of benzene rings is 2. The van der Waals surface area contributed by atoms with Gasteiger partial charge in [-0.2, -0.15) is 0 Å². The molecule has 0 radical (unpaired) electrons. The third kappa shape index (κ3) is 4.03. The van der Waals surface area contributed by atoms with Gasteiger partial charge in [-0.3, -0.25) is 0 Å². The highest BCUT2D eigenvalue weighted by atomic mass is 14.0. The average molecular weight is 240 g/mol. The highest BCUT2D eigenvalue weighted by Crippen LogP contribution is 2.15. The van der Waals surface area contributed by atoms with Crippen molar-refractivity contribution in [3.8, 4) is 0 Å². The molecule has 0 N–H and O–H groups in total. The maximum atomic E-state index is 2.18. The summed E-state index contributed by atoms with van der Waals surface area (Å²) in [6, 6.07) is 12.8. The van der Waals surface area contributed by atoms with E-state index in [9.17, 15) is 0 Å². The predicted octanol–water partition coefficient (Wildman–Crippen LogP) is 5.22. The van der Waals surface area contributed by atoms with Gasteiger partial charge in [0, 0.05) is 0 Å². The quantitative estimate of drug-likeness (QED) is 0.592. The van der Waals surface area contributed by atoms with Crippen LogP contribution in [0.3, 0.4) is 0 Å². The van der Waals surface area contributed by atoms with Crippen LogP contribution >= 0.6 is 0 Å². The van der Waals surface area contributed by atoms with Crippen molar-refractivity contribution in [3.63, 3.8) is 0 Å². The Labute approximate surface area is 112 Å². The molecule has 0 saturated carbocycles. The molecule has 0 nitrogen and oxygen atoms in total. The van der Waals surface area contributed by atoms with Gasteiger partial charge < -0.3 is 0 Å². The van der Waals surface area contributed by atoms with Crippen LogP contribution in [0.5, 0.6) is 0 Å². The Morgan fingerprint density at radius 1 is 0.444 bits per heavy atom. The molecule has 0 aliphatic carbocycles. The van der Waals surface area contributed by atoms with Crippen LogP contribution in [-0.2, 0) is 0 Å². The van der Waals surface area contributed by atoms with Crippen molar-refractivity contribution in [2.24, 2.45) is 0 Å². The van der Waals surface area contributed by atoms with E-state index in [1.807, 2.05) is 0 Å². The maximum absolute atomic E-state index is 2.18. The molecule has 0 aromatic heterocycles. The summed E-state index contributed by atoms with van der Waals surface area (Å²) in [5, 5.41) is 0. The molecule has 0 amide bonds. The van der Waals surface area contributed by atoms with Crippen molar-refractivity contribution in [2.75, 3.05) is 0 Å². The summed E-state index contributed by atoms with van der Waals surface area (Å²) in [5.74, 6) is 0. The highest BCUT2D eigenvalue weighted by molar-refractivity contribution is 5.37. The SMILES string of the molecule is Cc1ccc(C)c(C)c1C.Cc1ccc(C)cc1. The van der Waals surface area contributed by atoms with Crippen LogP contribution in [0.2, 0.25) is 0 Å². The second-order valence-electron chi connectivity index (χ2n) is 5.10. The Morgan fingerprint density at radius 3 is 1.00 bits per heavy atom. The maximum Gasteiger partial charge on any atom is -0.0392 e. The fourth-order valence-corrected chi connectivity index (χ4v) is 1.73. The third-order valence-electron chi connectivity index (χ3n) is 3.55. The number of rotatable bonds is 0. The van der Waals surface area contributed by atoms with E-state index in [1.165, 1.54) is 33.4 Å². The number of hydrogen-bond donors (Lipinski definition) is 0. The van der Waals surface area contributed by atoms with Crippen LogP contribution in [0, 0.1) is 41.5 Å². The van der Waals surface area contributed by atoms with Gasteiger partial charge in [-0.25, -0.2) is 0 Å². The second-order valence-corrected chi connectivity index (χ2v) is 5.10. The molecule has 0 heteroatoms. The van der Waals surface area contributed by atoms with Gasteiger partial charge in [0.15, 0.2) is 0 Å². The number of hydrogen-bond acceptors (Lipinski definition) is 0. The molecule has 0 aliphatic rings. The lowest BCUT2D eigenvalue weighted by Crippen LogP contribution is -1.88. The molecule has 18 heavy (non-hydrogen) atoms. The van der Waals surface area contributed by atoms with Crippen LogP contribution in [0.15, 0.2) is 36.4 Å². The van der Waals surface area contributed by atoms with Gasteiger partial charge in [0.1, 0.15) is 0 Å². The van der Waals surface area contributed by atoms with Crippen molar-refractivity contribution >= 4 is 0 Å². The summed E-state index contributed by atoms with van der Waals surface area (Å²) in [4.78, 5) is 0. The van der Waals surface area contributed by atoms with Crippen molar-refractivity contribution in [3.05, 3.63) is 69.8 Å².